The van der Waals surface area contributed by atoms with Gasteiger partial charge in [0.25, 0.3) is 0 Å². The van der Waals surface area contributed by atoms with Gasteiger partial charge >= 0.3 is 71.8 Å². The Hall–Kier alpha value is -1.09. The Morgan fingerprint density at radius 1 is 0.265 bits per heavy atom. The fourth-order valence-corrected chi connectivity index (χ4v) is 2.36. The van der Waals surface area contributed by atoms with Crippen LogP contribution >= 0.6 is 0 Å². The van der Waals surface area contributed by atoms with E-state index in [0.29, 0.717) is 0 Å². The van der Waals surface area contributed by atoms with Crippen molar-refractivity contribution in [1.82, 2.24) is 0 Å². The van der Waals surface area contributed by atoms with Crippen LogP contribution in [0.5, 0.6) is 0 Å². The molecule has 0 fully saturated rings. The van der Waals surface area contributed by atoms with Crippen LogP contribution in [0, 0.1) is 20.8 Å². The van der Waals surface area contributed by atoms with Gasteiger partial charge in [0.1, 0.15) is 0 Å². The Balaban J connectivity index is -0.000000199. The topological polar surface area (TPSA) is 0 Å². The third-order valence-electron chi connectivity index (χ3n) is 5.10. The van der Waals surface area contributed by atoms with Crippen molar-refractivity contribution in [2.24, 2.45) is 0 Å². The van der Waals surface area contributed by atoms with Gasteiger partial charge in [-0.3, -0.25) is 0 Å². The maximum atomic E-state index is 12.5. The fourth-order valence-electron chi connectivity index (χ4n) is 2.36. The van der Waals surface area contributed by atoms with Crippen molar-refractivity contribution in [1.29, 1.82) is 0 Å². The quantitative estimate of drug-likeness (QED) is 0.135. The van der Waals surface area contributed by atoms with Gasteiger partial charge < -0.3 is 0 Å². The Morgan fingerprint density at radius 3 is 0.469 bits per heavy atom. The van der Waals surface area contributed by atoms with E-state index in [0.717, 1.165) is 0 Å². The van der Waals surface area contributed by atoms with Crippen LogP contribution in [0.2, 0.25) is 0 Å². The van der Waals surface area contributed by atoms with Crippen molar-refractivity contribution in [3.05, 3.63) is 20.8 Å². The van der Waals surface area contributed by atoms with Crippen molar-refractivity contribution < 1.29 is 120 Å². The standard InChI is InChI=1S/3C7H6F9.Sn.H2/c3*1-2-3-4(8,9)5(10,11)6(12,13)7(14,15)16;;/h3*1-3H2;;1H. The molecule has 0 aliphatic heterocycles. The molecule has 0 bridgehead atoms. The Kier molecular flexibility index (Phi) is 18.7. The Labute approximate surface area is 275 Å². The van der Waals surface area contributed by atoms with E-state index in [9.17, 15) is 119 Å². The molecule has 0 N–H and O–H groups in total. The van der Waals surface area contributed by atoms with E-state index in [2.05, 4.69) is 20.8 Å². The van der Waals surface area contributed by atoms with Gasteiger partial charge in [0.15, 0.2) is 0 Å². The van der Waals surface area contributed by atoms with Gasteiger partial charge in [0, 0.05) is 44.6 Å². The zero-order valence-electron chi connectivity index (χ0n) is 23.1. The van der Waals surface area contributed by atoms with E-state index >= 15 is 0 Å². The molecular formula is C21H20F27Sn. The first-order valence-corrected chi connectivity index (χ1v) is 11.4. The molecular weight excluding hydrogens is 884 g/mol. The van der Waals surface area contributed by atoms with Crippen LogP contribution in [0.1, 0.15) is 40.0 Å². The van der Waals surface area contributed by atoms with Crippen LogP contribution in [0.25, 0.3) is 0 Å². The molecule has 0 saturated heterocycles. The maximum Gasteiger partial charge on any atom is 0.460 e. The number of halogens is 27. The largest absolute Gasteiger partial charge is 0.460 e. The van der Waals surface area contributed by atoms with Crippen molar-refractivity contribution in [2.45, 2.75) is 110 Å². The average Bonchev–Trinajstić information content (AvgIpc) is 2.82. The maximum absolute atomic E-state index is 12.5. The third-order valence-corrected chi connectivity index (χ3v) is 5.10. The summed E-state index contributed by atoms with van der Waals surface area (Å²) < 4.78 is 326. The summed E-state index contributed by atoms with van der Waals surface area (Å²) in [4.78, 5) is 0. The van der Waals surface area contributed by atoms with Crippen LogP contribution in [0.15, 0.2) is 0 Å². The SMILES string of the molecule is [CH2]CCC(F)(F)C(F)(F)C(F)(F)C(F)(F)F.[CH2]CCC(F)(F)C(F)(F)C(F)(F)C(F)(F)F.[CH2]CCC(F)(F)C(F)(F)C(F)(F)C(F)(F)F.[HH].[Sn]. The molecule has 28 heteroatoms. The molecule has 0 aromatic rings. The predicted octanol–water partition coefficient (Wildman–Crippen LogP) is 12.1. The van der Waals surface area contributed by atoms with Crippen LogP contribution in [-0.2, 0) is 0 Å². The second-order valence-corrected chi connectivity index (χ2v) is 8.86. The van der Waals surface area contributed by atoms with E-state index in [4.69, 9.17) is 0 Å². The van der Waals surface area contributed by atoms with E-state index in [1.54, 1.807) is 0 Å². The first-order valence-electron chi connectivity index (χ1n) is 11.4. The minimum absolute atomic E-state index is 0. The van der Waals surface area contributed by atoms with Crippen molar-refractivity contribution in [3.8, 4) is 0 Å². The third kappa shape index (κ3) is 11.2. The molecule has 0 aliphatic carbocycles. The van der Waals surface area contributed by atoms with Crippen LogP contribution < -0.4 is 0 Å². The summed E-state index contributed by atoms with van der Waals surface area (Å²) in [5.74, 6) is -56.3. The number of hydrogen-bond acceptors (Lipinski definition) is 0. The zero-order valence-corrected chi connectivity index (χ0v) is 25.9. The Bertz CT molecular complexity index is 854. The Morgan fingerprint density at radius 2 is 0.388 bits per heavy atom. The van der Waals surface area contributed by atoms with E-state index in [-0.39, 0.29) is 25.3 Å². The molecule has 0 unspecified atom stereocenters. The minimum atomic E-state index is -6.79. The normalized spacial score (nSPS) is 15.1. The summed E-state index contributed by atoms with van der Waals surface area (Å²) in [6.07, 6.45) is -28.6. The molecule has 7 radical (unpaired) electrons. The van der Waals surface area contributed by atoms with Gasteiger partial charge in [-0.25, -0.2) is 0 Å². The fraction of sp³-hybridized carbons (Fsp3) is 0.857. The van der Waals surface area contributed by atoms with Gasteiger partial charge in [0.05, 0.1) is 0 Å². The molecule has 0 atom stereocenters. The van der Waals surface area contributed by atoms with E-state index in [1.165, 1.54) is 0 Å². The summed E-state index contributed by atoms with van der Waals surface area (Å²) in [6, 6.07) is 0. The predicted molar refractivity (Wildman–Crippen MR) is 114 cm³/mol. The van der Waals surface area contributed by atoms with Crippen molar-refractivity contribution in [2.75, 3.05) is 0 Å². The van der Waals surface area contributed by atoms with Crippen molar-refractivity contribution >= 4 is 23.9 Å². The molecule has 0 heterocycles. The van der Waals surface area contributed by atoms with E-state index < -0.39 is 110 Å². The van der Waals surface area contributed by atoms with Gasteiger partial charge in [0.2, 0.25) is 0 Å². The minimum Gasteiger partial charge on any atom is -0.200 e. The smallest absolute Gasteiger partial charge is 0.200 e. The summed E-state index contributed by atoms with van der Waals surface area (Å²) in [7, 11) is 0. The van der Waals surface area contributed by atoms with Crippen LogP contribution in [-0.4, -0.2) is 95.7 Å². The van der Waals surface area contributed by atoms with Crippen molar-refractivity contribution in [3.63, 3.8) is 0 Å². The zero-order chi connectivity index (χ0) is 40.2. The second-order valence-electron chi connectivity index (χ2n) is 8.86. The number of hydrogen-bond donors (Lipinski definition) is 0. The first kappa shape index (κ1) is 54.7. The molecule has 0 aromatic carbocycles. The monoisotopic (exact) mass is 905 g/mol. The average molecular weight is 904 g/mol. The van der Waals surface area contributed by atoms with Gasteiger partial charge in [-0.15, -0.1) is 0 Å². The number of rotatable bonds is 12. The first-order chi connectivity index (χ1) is 20.4. The van der Waals surface area contributed by atoms with E-state index in [1.807, 2.05) is 0 Å². The molecule has 297 valence electrons. The second kappa shape index (κ2) is 16.7. The summed E-state index contributed by atoms with van der Waals surface area (Å²) in [5.41, 5.74) is 0. The molecule has 0 amide bonds. The molecule has 0 rings (SSSR count). The number of alkyl halides is 27. The molecule has 49 heavy (non-hydrogen) atoms. The molecule has 0 saturated carbocycles. The molecule has 0 spiro atoms. The van der Waals surface area contributed by atoms with Gasteiger partial charge in [-0.1, -0.05) is 20.8 Å². The molecule has 0 aromatic heterocycles. The summed E-state index contributed by atoms with van der Waals surface area (Å²) in [6.45, 7) is 8.07. The van der Waals surface area contributed by atoms with Gasteiger partial charge in [-0.05, 0) is 19.3 Å². The van der Waals surface area contributed by atoms with Gasteiger partial charge in [-0.2, -0.15) is 119 Å². The summed E-state index contributed by atoms with van der Waals surface area (Å²) >= 11 is 0. The van der Waals surface area contributed by atoms with Crippen LogP contribution in [0.3, 0.4) is 0 Å². The van der Waals surface area contributed by atoms with Crippen LogP contribution in [0.4, 0.5) is 119 Å². The molecule has 0 aliphatic rings. The summed E-state index contributed by atoms with van der Waals surface area (Å²) in [5, 5.41) is 0. The molecule has 0 nitrogen and oxygen atoms in total.